The number of carbonyl (C=O) groups is 1. The molecular formula is C15H29NO3. The Hall–Kier alpha value is -0.450. The summed E-state index contributed by atoms with van der Waals surface area (Å²) in [4.78, 5) is 14.4. The Morgan fingerprint density at radius 2 is 1.79 bits per heavy atom. The van der Waals surface area contributed by atoms with Crippen LogP contribution in [0.5, 0.6) is 0 Å². The first-order valence-corrected chi connectivity index (χ1v) is 7.21. The van der Waals surface area contributed by atoms with Crippen molar-refractivity contribution < 1.29 is 14.3 Å². The second-order valence-corrected chi connectivity index (χ2v) is 6.32. The summed E-state index contributed by atoms with van der Waals surface area (Å²) in [6.07, 6.45) is 2.76. The van der Waals surface area contributed by atoms with Crippen LogP contribution in [-0.4, -0.2) is 57.8 Å². The molecule has 1 atom stereocenters. The summed E-state index contributed by atoms with van der Waals surface area (Å²) < 4.78 is 10.3. The Morgan fingerprint density at radius 3 is 2.32 bits per heavy atom. The lowest BCUT2D eigenvalue weighted by Crippen LogP contribution is -2.41. The van der Waals surface area contributed by atoms with Crippen LogP contribution in [0.15, 0.2) is 0 Å². The molecule has 0 saturated heterocycles. The molecule has 1 saturated carbocycles. The average molecular weight is 271 g/mol. The molecule has 0 aromatic heterocycles. The van der Waals surface area contributed by atoms with Gasteiger partial charge in [0.25, 0.3) is 0 Å². The SMILES string of the molecule is COCCN(CCOC)CC1CC(C)(C)CCC1=O. The molecule has 0 aromatic carbocycles. The molecule has 19 heavy (non-hydrogen) atoms. The molecule has 4 nitrogen and oxygen atoms in total. The minimum absolute atomic E-state index is 0.178. The quantitative estimate of drug-likeness (QED) is 0.676. The summed E-state index contributed by atoms with van der Waals surface area (Å²) in [5, 5.41) is 0. The lowest BCUT2D eigenvalue weighted by molar-refractivity contribution is -0.127. The Balaban J connectivity index is 2.52. The number of rotatable bonds is 8. The molecule has 0 aromatic rings. The monoisotopic (exact) mass is 271 g/mol. The maximum atomic E-state index is 12.1. The number of nitrogens with zero attached hydrogens (tertiary/aromatic N) is 1. The third-order valence-electron chi connectivity index (χ3n) is 4.00. The predicted molar refractivity (Wildman–Crippen MR) is 76.3 cm³/mol. The van der Waals surface area contributed by atoms with Crippen molar-refractivity contribution in [2.24, 2.45) is 11.3 Å². The zero-order chi connectivity index (χ0) is 14.3. The first-order chi connectivity index (χ1) is 8.98. The fraction of sp³-hybridized carbons (Fsp3) is 0.933. The van der Waals surface area contributed by atoms with Crippen molar-refractivity contribution in [3.05, 3.63) is 0 Å². The molecule has 1 rings (SSSR count). The standard InChI is InChI=1S/C15H29NO3/c1-15(2)6-5-14(17)13(11-15)12-16(7-9-18-3)8-10-19-4/h13H,5-12H2,1-4H3. The number of ketones is 1. The van der Waals surface area contributed by atoms with Crippen molar-refractivity contribution in [1.29, 1.82) is 0 Å². The fourth-order valence-corrected chi connectivity index (χ4v) is 2.76. The van der Waals surface area contributed by atoms with Crippen LogP contribution in [0.1, 0.15) is 33.1 Å². The van der Waals surface area contributed by atoms with E-state index < -0.39 is 0 Å². The van der Waals surface area contributed by atoms with Gasteiger partial charge in [0.15, 0.2) is 0 Å². The van der Waals surface area contributed by atoms with E-state index in [1.165, 1.54) is 0 Å². The highest BCUT2D eigenvalue weighted by Gasteiger charge is 2.34. The molecule has 1 aliphatic carbocycles. The van der Waals surface area contributed by atoms with Crippen molar-refractivity contribution in [2.75, 3.05) is 47.1 Å². The van der Waals surface area contributed by atoms with Gasteiger partial charge in [0, 0.05) is 46.2 Å². The van der Waals surface area contributed by atoms with Crippen molar-refractivity contribution in [3.63, 3.8) is 0 Å². The lowest BCUT2D eigenvalue weighted by Gasteiger charge is -2.36. The van der Waals surface area contributed by atoms with Crippen LogP contribution < -0.4 is 0 Å². The van der Waals surface area contributed by atoms with Crippen LogP contribution in [0.4, 0.5) is 0 Å². The van der Waals surface area contributed by atoms with Gasteiger partial charge < -0.3 is 9.47 Å². The van der Waals surface area contributed by atoms with Crippen LogP contribution in [0.25, 0.3) is 0 Å². The first kappa shape index (κ1) is 16.6. The van der Waals surface area contributed by atoms with Gasteiger partial charge in [0.2, 0.25) is 0 Å². The van der Waals surface area contributed by atoms with Gasteiger partial charge in [-0.2, -0.15) is 0 Å². The van der Waals surface area contributed by atoms with Gasteiger partial charge in [-0.25, -0.2) is 0 Å². The maximum Gasteiger partial charge on any atom is 0.137 e. The Morgan fingerprint density at radius 1 is 1.21 bits per heavy atom. The Bertz CT molecular complexity index is 271. The van der Waals surface area contributed by atoms with Crippen LogP contribution in [0.2, 0.25) is 0 Å². The van der Waals surface area contributed by atoms with E-state index in [1.807, 2.05) is 0 Å². The van der Waals surface area contributed by atoms with Crippen LogP contribution in [0.3, 0.4) is 0 Å². The van der Waals surface area contributed by atoms with E-state index in [0.717, 1.165) is 38.9 Å². The van der Waals surface area contributed by atoms with E-state index in [0.29, 0.717) is 24.4 Å². The number of hydrogen-bond acceptors (Lipinski definition) is 4. The average Bonchev–Trinajstić information content (AvgIpc) is 2.36. The molecule has 4 heteroatoms. The topological polar surface area (TPSA) is 38.8 Å². The molecule has 0 aliphatic heterocycles. The number of carbonyl (C=O) groups excluding carboxylic acids is 1. The minimum Gasteiger partial charge on any atom is -0.383 e. The first-order valence-electron chi connectivity index (χ1n) is 7.21. The third kappa shape index (κ3) is 6.02. The third-order valence-corrected chi connectivity index (χ3v) is 4.00. The molecule has 0 radical (unpaired) electrons. The van der Waals surface area contributed by atoms with Crippen LogP contribution in [0, 0.1) is 11.3 Å². The summed E-state index contributed by atoms with van der Waals surface area (Å²) in [7, 11) is 3.42. The highest BCUT2D eigenvalue weighted by molar-refractivity contribution is 5.82. The maximum absolute atomic E-state index is 12.1. The van der Waals surface area contributed by atoms with Gasteiger partial charge in [-0.05, 0) is 18.3 Å². The molecule has 0 N–H and O–H groups in total. The second kappa shape index (κ2) is 7.98. The summed E-state index contributed by atoms with van der Waals surface area (Å²) >= 11 is 0. The highest BCUT2D eigenvalue weighted by atomic mass is 16.5. The molecule has 112 valence electrons. The summed E-state index contributed by atoms with van der Waals surface area (Å²) in [5.74, 6) is 0.608. The van der Waals surface area contributed by atoms with E-state index in [9.17, 15) is 4.79 Å². The zero-order valence-electron chi connectivity index (χ0n) is 12.9. The van der Waals surface area contributed by atoms with Crippen molar-refractivity contribution in [3.8, 4) is 0 Å². The summed E-state index contributed by atoms with van der Waals surface area (Å²) in [6, 6.07) is 0. The second-order valence-electron chi connectivity index (χ2n) is 6.32. The molecule has 0 spiro atoms. The highest BCUT2D eigenvalue weighted by Crippen LogP contribution is 2.36. The van der Waals surface area contributed by atoms with Gasteiger partial charge >= 0.3 is 0 Å². The Labute approximate surface area is 117 Å². The van der Waals surface area contributed by atoms with Gasteiger partial charge in [0.1, 0.15) is 5.78 Å². The number of hydrogen-bond donors (Lipinski definition) is 0. The van der Waals surface area contributed by atoms with E-state index in [2.05, 4.69) is 18.7 Å². The molecule has 1 fully saturated rings. The van der Waals surface area contributed by atoms with Gasteiger partial charge in [-0.15, -0.1) is 0 Å². The number of methoxy groups -OCH3 is 2. The summed E-state index contributed by atoms with van der Waals surface area (Å²) in [6.45, 7) is 8.51. The summed E-state index contributed by atoms with van der Waals surface area (Å²) in [5.41, 5.74) is 0.298. The Kier molecular flexibility index (Phi) is 6.97. The smallest absolute Gasteiger partial charge is 0.137 e. The molecule has 0 bridgehead atoms. The molecule has 1 aliphatic rings. The molecule has 0 amide bonds. The van der Waals surface area contributed by atoms with Crippen LogP contribution >= 0.6 is 0 Å². The molecule has 0 heterocycles. The molecular weight excluding hydrogens is 242 g/mol. The minimum atomic E-state index is 0.178. The van der Waals surface area contributed by atoms with Gasteiger partial charge in [-0.3, -0.25) is 9.69 Å². The lowest BCUT2D eigenvalue weighted by atomic mass is 9.71. The van der Waals surface area contributed by atoms with Crippen LogP contribution in [-0.2, 0) is 14.3 Å². The molecule has 1 unspecified atom stereocenters. The van der Waals surface area contributed by atoms with E-state index >= 15 is 0 Å². The van der Waals surface area contributed by atoms with E-state index in [1.54, 1.807) is 14.2 Å². The number of Topliss-reactive ketones (excluding diaryl/α,β-unsaturated/α-hetero) is 1. The van der Waals surface area contributed by atoms with Crippen molar-refractivity contribution in [2.45, 2.75) is 33.1 Å². The predicted octanol–water partition coefficient (Wildman–Crippen LogP) is 1.98. The van der Waals surface area contributed by atoms with Crippen molar-refractivity contribution >= 4 is 5.78 Å². The fourth-order valence-electron chi connectivity index (χ4n) is 2.76. The largest absolute Gasteiger partial charge is 0.383 e. The van der Waals surface area contributed by atoms with Crippen molar-refractivity contribution in [1.82, 2.24) is 4.90 Å². The zero-order valence-corrected chi connectivity index (χ0v) is 12.9. The normalized spacial score (nSPS) is 23.0. The van der Waals surface area contributed by atoms with E-state index in [4.69, 9.17) is 9.47 Å². The van der Waals surface area contributed by atoms with E-state index in [-0.39, 0.29) is 5.92 Å². The van der Waals surface area contributed by atoms with Gasteiger partial charge in [-0.1, -0.05) is 13.8 Å². The number of ether oxygens (including phenoxy) is 2. The van der Waals surface area contributed by atoms with Gasteiger partial charge in [0.05, 0.1) is 13.2 Å².